The van der Waals surface area contributed by atoms with Crippen molar-refractivity contribution in [1.29, 1.82) is 0 Å². The molecule has 0 bridgehead atoms. The number of urea groups is 1. The van der Waals surface area contributed by atoms with E-state index in [9.17, 15) is 19.2 Å². The minimum atomic E-state index is -1.20. The average Bonchev–Trinajstić information content (AvgIpc) is 2.79. The molecule has 128 valence electrons. The smallest absolute Gasteiger partial charge is 0.325 e. The second kappa shape index (κ2) is 7.12. The Labute approximate surface area is 138 Å². The fourth-order valence-electron chi connectivity index (χ4n) is 2.75. The molecule has 1 aromatic rings. The molecule has 1 aromatic carbocycles. The first-order valence-electron chi connectivity index (χ1n) is 7.59. The van der Waals surface area contributed by atoms with Gasteiger partial charge in [0.05, 0.1) is 0 Å². The van der Waals surface area contributed by atoms with Crippen LogP contribution in [0.15, 0.2) is 30.3 Å². The van der Waals surface area contributed by atoms with Crippen LogP contribution in [0.4, 0.5) is 4.79 Å². The van der Waals surface area contributed by atoms with Crippen molar-refractivity contribution < 1.29 is 24.3 Å². The Morgan fingerprint density at radius 2 is 1.92 bits per heavy atom. The Morgan fingerprint density at radius 1 is 1.25 bits per heavy atom. The molecule has 1 atom stereocenters. The highest BCUT2D eigenvalue weighted by molar-refractivity contribution is 6.09. The molecule has 8 heteroatoms. The predicted octanol–water partition coefficient (Wildman–Crippen LogP) is 0.435. The van der Waals surface area contributed by atoms with E-state index in [-0.39, 0.29) is 0 Å². The lowest BCUT2D eigenvalue weighted by Crippen LogP contribution is -2.45. The molecule has 0 radical (unpaired) electrons. The zero-order valence-corrected chi connectivity index (χ0v) is 13.2. The van der Waals surface area contributed by atoms with Crippen LogP contribution in [0.5, 0.6) is 0 Å². The van der Waals surface area contributed by atoms with Crippen molar-refractivity contribution in [1.82, 2.24) is 15.5 Å². The second-order valence-corrected chi connectivity index (χ2v) is 5.51. The first-order valence-corrected chi connectivity index (χ1v) is 7.59. The molecule has 2 rings (SSSR count). The third-order valence-corrected chi connectivity index (χ3v) is 3.81. The van der Waals surface area contributed by atoms with Gasteiger partial charge in [0.15, 0.2) is 0 Å². The molecule has 8 nitrogen and oxygen atoms in total. The highest BCUT2D eigenvalue weighted by atomic mass is 16.4. The summed E-state index contributed by atoms with van der Waals surface area (Å²) in [4.78, 5) is 48.1. The predicted molar refractivity (Wildman–Crippen MR) is 83.9 cm³/mol. The van der Waals surface area contributed by atoms with Gasteiger partial charge in [-0.3, -0.25) is 19.3 Å². The summed E-state index contributed by atoms with van der Waals surface area (Å²) >= 11 is 0. The van der Waals surface area contributed by atoms with Crippen molar-refractivity contribution in [3.63, 3.8) is 0 Å². The first-order chi connectivity index (χ1) is 11.4. The third-order valence-electron chi connectivity index (χ3n) is 3.81. The van der Waals surface area contributed by atoms with Gasteiger partial charge in [-0.2, -0.15) is 0 Å². The molecule has 0 aromatic heterocycles. The van der Waals surface area contributed by atoms with Crippen molar-refractivity contribution in [3.05, 3.63) is 35.9 Å². The zero-order chi connectivity index (χ0) is 17.7. The number of carbonyl (C=O) groups is 4. The van der Waals surface area contributed by atoms with E-state index in [0.717, 1.165) is 4.90 Å². The van der Waals surface area contributed by atoms with Gasteiger partial charge < -0.3 is 15.7 Å². The van der Waals surface area contributed by atoms with Crippen LogP contribution in [0.25, 0.3) is 0 Å². The maximum absolute atomic E-state index is 12.8. The number of imide groups is 1. The van der Waals surface area contributed by atoms with E-state index in [4.69, 9.17) is 5.11 Å². The van der Waals surface area contributed by atoms with Gasteiger partial charge in [0.25, 0.3) is 5.91 Å². The topological polar surface area (TPSA) is 116 Å². The van der Waals surface area contributed by atoms with Crippen LogP contribution in [0.3, 0.4) is 0 Å². The molecule has 24 heavy (non-hydrogen) atoms. The van der Waals surface area contributed by atoms with Gasteiger partial charge in [0.2, 0.25) is 5.91 Å². The zero-order valence-electron chi connectivity index (χ0n) is 13.2. The molecule has 0 spiro atoms. The molecule has 1 saturated heterocycles. The van der Waals surface area contributed by atoms with Crippen molar-refractivity contribution in [2.24, 2.45) is 0 Å². The number of nitrogens with one attached hydrogen (secondary N) is 2. The molecule has 1 heterocycles. The van der Waals surface area contributed by atoms with E-state index in [1.807, 2.05) is 13.0 Å². The van der Waals surface area contributed by atoms with Crippen molar-refractivity contribution in [2.75, 3.05) is 13.1 Å². The van der Waals surface area contributed by atoms with Crippen LogP contribution in [0.1, 0.15) is 25.3 Å². The summed E-state index contributed by atoms with van der Waals surface area (Å²) in [5, 5.41) is 13.4. The molecule has 1 unspecified atom stereocenters. The third kappa shape index (κ3) is 3.37. The van der Waals surface area contributed by atoms with Gasteiger partial charge in [-0.05, 0) is 12.0 Å². The number of benzene rings is 1. The maximum Gasteiger partial charge on any atom is 0.325 e. The summed E-state index contributed by atoms with van der Waals surface area (Å²) in [5.74, 6) is -2.42. The number of hydrogen-bond acceptors (Lipinski definition) is 4. The fourth-order valence-corrected chi connectivity index (χ4v) is 2.75. The van der Waals surface area contributed by atoms with E-state index in [1.165, 1.54) is 0 Å². The van der Waals surface area contributed by atoms with E-state index >= 15 is 0 Å². The highest BCUT2D eigenvalue weighted by Crippen LogP contribution is 2.33. The number of carboxylic acids is 1. The van der Waals surface area contributed by atoms with Crippen molar-refractivity contribution in [3.8, 4) is 0 Å². The SMILES string of the molecule is CCCC1(c2ccccc2)NC(=O)N(CC(=O)NCC(=O)O)C1=O. The molecule has 0 aliphatic carbocycles. The lowest BCUT2D eigenvalue weighted by Gasteiger charge is -2.26. The average molecular weight is 333 g/mol. The molecule has 1 fully saturated rings. The quantitative estimate of drug-likeness (QED) is 0.626. The van der Waals surface area contributed by atoms with Crippen molar-refractivity contribution >= 4 is 23.8 Å². The van der Waals surface area contributed by atoms with Crippen LogP contribution < -0.4 is 10.6 Å². The summed E-state index contributed by atoms with van der Waals surface area (Å²) in [6.07, 6.45) is 1.05. The van der Waals surface area contributed by atoms with E-state index in [1.54, 1.807) is 24.3 Å². The van der Waals surface area contributed by atoms with Gasteiger partial charge >= 0.3 is 12.0 Å². The second-order valence-electron chi connectivity index (χ2n) is 5.51. The molecular weight excluding hydrogens is 314 g/mol. The summed E-state index contributed by atoms with van der Waals surface area (Å²) in [6, 6.07) is 8.19. The van der Waals surface area contributed by atoms with Gasteiger partial charge in [-0.1, -0.05) is 43.7 Å². The van der Waals surface area contributed by atoms with E-state index in [0.29, 0.717) is 18.4 Å². The number of nitrogens with zero attached hydrogens (tertiary/aromatic N) is 1. The van der Waals surface area contributed by atoms with Gasteiger partial charge in [-0.25, -0.2) is 4.79 Å². The molecule has 4 amide bonds. The van der Waals surface area contributed by atoms with Gasteiger partial charge in [0.1, 0.15) is 18.6 Å². The number of carboxylic acid groups (broad SMARTS) is 1. The van der Waals surface area contributed by atoms with Crippen LogP contribution in [0.2, 0.25) is 0 Å². The summed E-state index contributed by atoms with van der Waals surface area (Å²) in [6.45, 7) is 0.809. The molecule has 3 N–H and O–H groups in total. The minimum Gasteiger partial charge on any atom is -0.480 e. The summed E-state index contributed by atoms with van der Waals surface area (Å²) < 4.78 is 0. The van der Waals surface area contributed by atoms with Crippen LogP contribution >= 0.6 is 0 Å². The number of aliphatic carboxylic acids is 1. The molecule has 0 saturated carbocycles. The van der Waals surface area contributed by atoms with E-state index < -0.39 is 42.4 Å². The maximum atomic E-state index is 12.8. The van der Waals surface area contributed by atoms with Gasteiger partial charge in [0, 0.05) is 0 Å². The lowest BCUT2D eigenvalue weighted by molar-refractivity contribution is -0.138. The largest absolute Gasteiger partial charge is 0.480 e. The molecular formula is C16H19N3O5. The number of rotatable bonds is 7. The lowest BCUT2D eigenvalue weighted by atomic mass is 9.85. The summed E-state index contributed by atoms with van der Waals surface area (Å²) in [7, 11) is 0. The minimum absolute atomic E-state index is 0.398. The van der Waals surface area contributed by atoms with Crippen molar-refractivity contribution in [2.45, 2.75) is 25.3 Å². The van der Waals surface area contributed by atoms with Crippen LogP contribution in [-0.4, -0.2) is 46.9 Å². The standard InChI is InChI=1S/C16H19N3O5/c1-2-8-16(11-6-4-3-5-7-11)14(23)19(15(24)18-16)10-12(20)17-9-13(21)22/h3-7H,2,8-10H2,1H3,(H,17,20)(H,18,24)(H,21,22). The highest BCUT2D eigenvalue weighted by Gasteiger charge is 2.52. The number of carbonyl (C=O) groups excluding carboxylic acids is 3. The number of amides is 4. The Morgan fingerprint density at radius 3 is 2.50 bits per heavy atom. The van der Waals surface area contributed by atoms with E-state index in [2.05, 4.69) is 10.6 Å². The van der Waals surface area contributed by atoms with Crippen LogP contribution in [0, 0.1) is 0 Å². The number of hydrogen-bond donors (Lipinski definition) is 3. The van der Waals surface area contributed by atoms with Gasteiger partial charge in [-0.15, -0.1) is 0 Å². The Balaban J connectivity index is 2.22. The molecule has 1 aliphatic heterocycles. The van der Waals surface area contributed by atoms with Crippen LogP contribution in [-0.2, 0) is 19.9 Å². The Hall–Kier alpha value is -2.90. The normalized spacial score (nSPS) is 20.0. The Bertz CT molecular complexity index is 661. The monoisotopic (exact) mass is 333 g/mol. The summed E-state index contributed by atoms with van der Waals surface area (Å²) in [5.41, 5.74) is -0.543. The fraction of sp³-hybridized carbons (Fsp3) is 0.375. The Kier molecular flexibility index (Phi) is 5.18. The first kappa shape index (κ1) is 17.5. The molecule has 1 aliphatic rings.